The molecule has 3 aromatic carbocycles. The molecule has 3 aromatic rings. The van der Waals surface area contributed by atoms with Gasteiger partial charge in [-0.2, -0.15) is 0 Å². The molecular formula is C21H21Cl2FN2O. The number of likely N-dealkylation sites (N-methyl/N-ethyl adjacent to an activating group) is 1. The molecule has 0 amide bonds. The summed E-state index contributed by atoms with van der Waals surface area (Å²) >= 11 is 6.75. The number of amidine groups is 1. The van der Waals surface area contributed by atoms with E-state index in [9.17, 15) is 4.39 Å². The van der Waals surface area contributed by atoms with Gasteiger partial charge in [-0.15, -0.1) is 12.4 Å². The summed E-state index contributed by atoms with van der Waals surface area (Å²) in [5.41, 5.74) is 2.60. The third-order valence-electron chi connectivity index (χ3n) is 4.75. The van der Waals surface area contributed by atoms with Gasteiger partial charge in [0, 0.05) is 31.5 Å². The fourth-order valence-corrected chi connectivity index (χ4v) is 3.77. The summed E-state index contributed by atoms with van der Waals surface area (Å²) in [5, 5.41) is 2.81. The highest BCUT2D eigenvalue weighted by atomic mass is 35.5. The Morgan fingerprint density at radius 1 is 1.04 bits per heavy atom. The van der Waals surface area contributed by atoms with Crippen molar-refractivity contribution >= 4 is 40.6 Å². The maximum Gasteiger partial charge on any atom is 0.128 e. The lowest BCUT2D eigenvalue weighted by molar-refractivity contribution is 0.574. The van der Waals surface area contributed by atoms with Crippen molar-refractivity contribution in [3.63, 3.8) is 0 Å². The lowest BCUT2D eigenvalue weighted by Crippen LogP contribution is -2.29. The first kappa shape index (κ1) is 21.2. The van der Waals surface area contributed by atoms with E-state index in [0.717, 1.165) is 32.8 Å². The molecule has 1 heterocycles. The summed E-state index contributed by atoms with van der Waals surface area (Å²) in [6.07, 6.45) is 0.650. The van der Waals surface area contributed by atoms with Gasteiger partial charge in [-0.3, -0.25) is 4.99 Å². The van der Waals surface area contributed by atoms with Crippen LogP contribution in [0.2, 0.25) is 5.02 Å². The summed E-state index contributed by atoms with van der Waals surface area (Å²) in [4.78, 5) is 6.82. The summed E-state index contributed by atoms with van der Waals surface area (Å²) in [7, 11) is 3.91. The van der Waals surface area contributed by atoms with Gasteiger partial charge in [0.2, 0.25) is 0 Å². The average molecular weight is 407 g/mol. The Morgan fingerprint density at radius 3 is 2.41 bits per heavy atom. The number of hydrogen-bond donors (Lipinski definition) is 0. The molecule has 0 spiro atoms. The molecule has 0 aliphatic carbocycles. The van der Waals surface area contributed by atoms with Gasteiger partial charge in [-0.05, 0) is 28.6 Å². The van der Waals surface area contributed by atoms with E-state index in [0.29, 0.717) is 12.0 Å². The van der Waals surface area contributed by atoms with Crippen LogP contribution in [0, 0.1) is 5.82 Å². The number of rotatable bonds is 1. The zero-order valence-electron chi connectivity index (χ0n) is 15.0. The minimum atomic E-state index is -0.385. The lowest BCUT2D eigenvalue weighted by atomic mass is 9.88. The van der Waals surface area contributed by atoms with Gasteiger partial charge in [0.15, 0.2) is 0 Å². The summed E-state index contributed by atoms with van der Waals surface area (Å²) < 4.78 is 14.5. The number of benzene rings is 3. The smallest absolute Gasteiger partial charge is 0.128 e. The quantitative estimate of drug-likeness (QED) is 0.570. The second kappa shape index (κ2) is 8.26. The van der Waals surface area contributed by atoms with Crippen LogP contribution in [0.25, 0.3) is 10.8 Å². The first-order valence-corrected chi connectivity index (χ1v) is 8.62. The van der Waals surface area contributed by atoms with E-state index in [1.54, 1.807) is 12.1 Å². The first-order valence-electron chi connectivity index (χ1n) is 8.24. The van der Waals surface area contributed by atoms with Crippen LogP contribution in [0.15, 0.2) is 59.6 Å². The van der Waals surface area contributed by atoms with E-state index < -0.39 is 0 Å². The SMILES string of the molecule is CN(C)C1=NC(c2ccccc2F)c2cc3ccccc3c(Cl)c2C1.Cl.O. The van der Waals surface area contributed by atoms with Gasteiger partial charge < -0.3 is 10.4 Å². The van der Waals surface area contributed by atoms with Crippen LogP contribution in [0.1, 0.15) is 22.7 Å². The highest BCUT2D eigenvalue weighted by molar-refractivity contribution is 6.36. The largest absolute Gasteiger partial charge is 0.412 e. The van der Waals surface area contributed by atoms with Crippen molar-refractivity contribution in [2.75, 3.05) is 14.1 Å². The van der Waals surface area contributed by atoms with Crippen LogP contribution in [-0.2, 0) is 6.42 Å². The normalized spacial score (nSPS) is 15.3. The zero-order chi connectivity index (χ0) is 17.6. The summed E-state index contributed by atoms with van der Waals surface area (Å²) in [6, 6.07) is 16.6. The molecule has 1 atom stereocenters. The maximum atomic E-state index is 14.5. The van der Waals surface area contributed by atoms with Crippen molar-refractivity contribution in [3.8, 4) is 0 Å². The average Bonchev–Trinajstić information content (AvgIpc) is 2.62. The van der Waals surface area contributed by atoms with Crippen LogP contribution >= 0.6 is 24.0 Å². The van der Waals surface area contributed by atoms with Crippen LogP contribution in [-0.4, -0.2) is 30.3 Å². The highest BCUT2D eigenvalue weighted by Crippen LogP contribution is 2.40. The van der Waals surface area contributed by atoms with Crippen molar-refractivity contribution in [2.24, 2.45) is 4.99 Å². The standard InChI is InChI=1S/C21H18ClFN2.ClH.H2O/c1-25(2)19-12-16-17(11-13-7-3-4-8-14(13)20(16)22)21(24-19)15-9-5-6-10-18(15)23;;/h3-11,21H,12H2,1-2H3;1H;1H2. The molecule has 0 saturated carbocycles. The van der Waals surface area contributed by atoms with E-state index in [2.05, 4.69) is 6.07 Å². The van der Waals surface area contributed by atoms with Crippen LogP contribution in [0.3, 0.4) is 0 Å². The van der Waals surface area contributed by atoms with Gasteiger partial charge >= 0.3 is 0 Å². The van der Waals surface area contributed by atoms with Crippen molar-refractivity contribution in [2.45, 2.75) is 12.5 Å². The number of fused-ring (bicyclic) bond motifs is 2. The van der Waals surface area contributed by atoms with Gasteiger partial charge in [-0.1, -0.05) is 54.1 Å². The molecule has 1 unspecified atom stereocenters. The third kappa shape index (κ3) is 3.65. The minimum absolute atomic E-state index is 0. The Kier molecular flexibility index (Phi) is 6.47. The summed E-state index contributed by atoms with van der Waals surface area (Å²) in [5.74, 6) is 0.657. The second-order valence-corrected chi connectivity index (χ2v) is 6.90. The van der Waals surface area contributed by atoms with Gasteiger partial charge in [0.25, 0.3) is 0 Å². The van der Waals surface area contributed by atoms with E-state index in [1.165, 1.54) is 6.07 Å². The van der Waals surface area contributed by atoms with Crippen LogP contribution in [0.5, 0.6) is 0 Å². The predicted molar refractivity (Wildman–Crippen MR) is 113 cm³/mol. The van der Waals surface area contributed by atoms with E-state index in [4.69, 9.17) is 16.6 Å². The van der Waals surface area contributed by atoms with Crippen molar-refractivity contribution in [3.05, 3.63) is 82.1 Å². The molecule has 4 rings (SSSR count). The fourth-order valence-electron chi connectivity index (χ4n) is 3.42. The molecule has 1 aliphatic heterocycles. The van der Waals surface area contributed by atoms with E-state index in [1.807, 2.05) is 49.3 Å². The Hall–Kier alpha value is -2.14. The number of hydrogen-bond acceptors (Lipinski definition) is 2. The Labute approximate surface area is 169 Å². The second-order valence-electron chi connectivity index (χ2n) is 6.52. The van der Waals surface area contributed by atoms with Crippen LogP contribution < -0.4 is 0 Å². The molecular weight excluding hydrogens is 386 g/mol. The first-order chi connectivity index (χ1) is 12.1. The van der Waals surface area contributed by atoms with Crippen LogP contribution in [0.4, 0.5) is 4.39 Å². The fraction of sp³-hybridized carbons (Fsp3) is 0.190. The van der Waals surface area contributed by atoms with Gasteiger partial charge in [0.05, 0.1) is 5.02 Å². The van der Waals surface area contributed by atoms with Gasteiger partial charge in [0.1, 0.15) is 17.7 Å². The topological polar surface area (TPSA) is 47.1 Å². The Morgan fingerprint density at radius 2 is 1.70 bits per heavy atom. The monoisotopic (exact) mass is 406 g/mol. The molecule has 0 bridgehead atoms. The molecule has 0 fully saturated rings. The number of aliphatic imine (C=N–C) groups is 1. The lowest BCUT2D eigenvalue weighted by Gasteiger charge is -2.29. The van der Waals surface area contributed by atoms with Crippen molar-refractivity contribution in [1.82, 2.24) is 4.90 Å². The third-order valence-corrected chi connectivity index (χ3v) is 5.18. The molecule has 142 valence electrons. The Balaban J connectivity index is 0.00000131. The molecule has 0 radical (unpaired) electrons. The van der Waals surface area contributed by atoms with Crippen molar-refractivity contribution in [1.29, 1.82) is 0 Å². The minimum Gasteiger partial charge on any atom is -0.412 e. The van der Waals surface area contributed by atoms with E-state index >= 15 is 0 Å². The molecule has 6 heteroatoms. The molecule has 0 saturated heterocycles. The molecule has 2 N–H and O–H groups in total. The molecule has 27 heavy (non-hydrogen) atoms. The maximum absolute atomic E-state index is 14.5. The zero-order valence-corrected chi connectivity index (χ0v) is 16.6. The van der Waals surface area contributed by atoms with Crippen molar-refractivity contribution < 1.29 is 9.87 Å². The molecule has 3 nitrogen and oxygen atoms in total. The Bertz CT molecular complexity index is 1000. The highest BCUT2D eigenvalue weighted by Gasteiger charge is 2.28. The van der Waals surface area contributed by atoms with Gasteiger partial charge in [-0.25, -0.2) is 4.39 Å². The molecule has 0 aromatic heterocycles. The van der Waals surface area contributed by atoms with E-state index in [-0.39, 0.29) is 29.7 Å². The summed E-state index contributed by atoms with van der Waals surface area (Å²) in [6.45, 7) is 0. The number of nitrogens with zero attached hydrogens (tertiary/aromatic N) is 2. The predicted octanol–water partition coefficient (Wildman–Crippen LogP) is 4.84. The molecule has 1 aliphatic rings. The number of halogens is 3.